The molecule has 2 aromatic rings. The molecular formula is C21H23F3N2O3. The van der Waals surface area contributed by atoms with Gasteiger partial charge in [0.05, 0.1) is 36.8 Å². The molecule has 1 amide bonds. The summed E-state index contributed by atoms with van der Waals surface area (Å²) in [5, 5.41) is 2.64. The maximum atomic E-state index is 13.1. The molecule has 1 aliphatic rings. The Kier molecular flexibility index (Phi) is 6.98. The molecule has 156 valence electrons. The molecule has 1 heterocycles. The van der Waals surface area contributed by atoms with Crippen LogP contribution in [0.15, 0.2) is 48.5 Å². The smallest absolute Gasteiger partial charge is 0.416 e. The van der Waals surface area contributed by atoms with Gasteiger partial charge >= 0.3 is 6.18 Å². The number of nitrogens with one attached hydrogen (secondary N) is 1. The summed E-state index contributed by atoms with van der Waals surface area (Å²) >= 11 is 0. The lowest BCUT2D eigenvalue weighted by Crippen LogP contribution is -2.36. The van der Waals surface area contributed by atoms with Gasteiger partial charge in [0.15, 0.2) is 0 Å². The minimum atomic E-state index is -4.48. The number of anilines is 2. The fourth-order valence-corrected chi connectivity index (χ4v) is 3.04. The number of carbonyl (C=O) groups is 1. The number of hydrogen-bond donors (Lipinski definition) is 1. The van der Waals surface area contributed by atoms with Gasteiger partial charge in [-0.15, -0.1) is 0 Å². The summed E-state index contributed by atoms with van der Waals surface area (Å²) in [6.07, 6.45) is -3.88. The van der Waals surface area contributed by atoms with Gasteiger partial charge in [0, 0.05) is 19.5 Å². The van der Waals surface area contributed by atoms with Crippen molar-refractivity contribution < 1.29 is 27.4 Å². The van der Waals surface area contributed by atoms with E-state index in [1.807, 2.05) is 35.2 Å². The predicted octanol–water partition coefficient (Wildman–Crippen LogP) is 4.34. The standard InChI is InChI=1S/C21H23F3N2O3/c22-21(23,24)16-8-9-19(26-10-13-28-14-11-26)18(15-16)25-20(27)7-4-12-29-17-5-2-1-3-6-17/h1-3,5-6,8-9,15H,4,7,10-14H2,(H,25,27). The van der Waals surface area contributed by atoms with Crippen molar-refractivity contribution in [2.45, 2.75) is 19.0 Å². The molecule has 1 N–H and O–H groups in total. The number of nitrogens with zero attached hydrogens (tertiary/aromatic N) is 1. The fraction of sp³-hybridized carbons (Fsp3) is 0.381. The highest BCUT2D eigenvalue weighted by atomic mass is 19.4. The number of alkyl halides is 3. The number of rotatable bonds is 7. The first-order chi connectivity index (χ1) is 13.9. The maximum absolute atomic E-state index is 13.1. The highest BCUT2D eigenvalue weighted by Crippen LogP contribution is 2.35. The molecule has 29 heavy (non-hydrogen) atoms. The quantitative estimate of drug-likeness (QED) is 0.693. The van der Waals surface area contributed by atoms with Crippen LogP contribution in [0.2, 0.25) is 0 Å². The molecule has 0 atom stereocenters. The minimum absolute atomic E-state index is 0.144. The summed E-state index contributed by atoms with van der Waals surface area (Å²) in [6, 6.07) is 12.6. The van der Waals surface area contributed by atoms with Gasteiger partial charge in [-0.25, -0.2) is 0 Å². The monoisotopic (exact) mass is 408 g/mol. The van der Waals surface area contributed by atoms with E-state index >= 15 is 0 Å². The molecule has 1 saturated heterocycles. The average molecular weight is 408 g/mol. The Labute approximate surface area is 167 Å². The summed E-state index contributed by atoms with van der Waals surface area (Å²) in [4.78, 5) is 14.2. The number of para-hydroxylation sites is 1. The maximum Gasteiger partial charge on any atom is 0.416 e. The fourth-order valence-electron chi connectivity index (χ4n) is 3.04. The third-order valence-corrected chi connectivity index (χ3v) is 4.51. The molecule has 1 aliphatic heterocycles. The molecule has 0 radical (unpaired) electrons. The topological polar surface area (TPSA) is 50.8 Å². The van der Waals surface area contributed by atoms with Gasteiger partial charge < -0.3 is 19.7 Å². The molecule has 0 saturated carbocycles. The molecule has 2 aromatic carbocycles. The first-order valence-corrected chi connectivity index (χ1v) is 9.45. The number of hydrogen-bond acceptors (Lipinski definition) is 4. The summed E-state index contributed by atoms with van der Waals surface area (Å²) in [6.45, 7) is 2.44. The molecule has 8 heteroatoms. The third kappa shape index (κ3) is 6.12. The number of amides is 1. The van der Waals surface area contributed by atoms with Crippen molar-refractivity contribution in [1.82, 2.24) is 0 Å². The Morgan fingerprint density at radius 1 is 1.10 bits per heavy atom. The highest BCUT2D eigenvalue weighted by molar-refractivity contribution is 5.94. The van der Waals surface area contributed by atoms with E-state index in [0.717, 1.165) is 12.1 Å². The molecule has 0 bridgehead atoms. The van der Waals surface area contributed by atoms with Crippen LogP contribution in [-0.4, -0.2) is 38.8 Å². The second-order valence-corrected chi connectivity index (χ2v) is 6.64. The van der Waals surface area contributed by atoms with Gasteiger partial charge in [-0.2, -0.15) is 13.2 Å². The zero-order valence-corrected chi connectivity index (χ0v) is 15.9. The van der Waals surface area contributed by atoms with Crippen molar-refractivity contribution in [1.29, 1.82) is 0 Å². The van der Waals surface area contributed by atoms with Crippen LogP contribution in [0.4, 0.5) is 24.5 Å². The number of morpholine rings is 1. The molecule has 1 fully saturated rings. The summed E-state index contributed by atoms with van der Waals surface area (Å²) in [5.74, 6) is 0.357. The van der Waals surface area contributed by atoms with Crippen molar-refractivity contribution in [3.8, 4) is 5.75 Å². The zero-order chi connectivity index (χ0) is 20.7. The van der Waals surface area contributed by atoms with Gasteiger partial charge in [0.25, 0.3) is 0 Å². The highest BCUT2D eigenvalue weighted by Gasteiger charge is 2.31. The van der Waals surface area contributed by atoms with Gasteiger partial charge in [0.2, 0.25) is 5.91 Å². The van der Waals surface area contributed by atoms with Crippen LogP contribution in [-0.2, 0) is 15.7 Å². The first-order valence-electron chi connectivity index (χ1n) is 9.45. The average Bonchev–Trinajstić information content (AvgIpc) is 2.72. The lowest BCUT2D eigenvalue weighted by molar-refractivity contribution is -0.137. The van der Waals surface area contributed by atoms with Crippen LogP contribution in [0, 0.1) is 0 Å². The van der Waals surface area contributed by atoms with Crippen molar-refractivity contribution in [3.05, 3.63) is 54.1 Å². The third-order valence-electron chi connectivity index (χ3n) is 4.51. The van der Waals surface area contributed by atoms with Gasteiger partial charge in [-0.1, -0.05) is 18.2 Å². The molecular weight excluding hydrogens is 385 g/mol. The van der Waals surface area contributed by atoms with Crippen LogP contribution in [0.3, 0.4) is 0 Å². The number of halogens is 3. The molecule has 3 rings (SSSR count). The van der Waals surface area contributed by atoms with Gasteiger partial charge in [0.1, 0.15) is 5.75 Å². The van der Waals surface area contributed by atoms with E-state index in [4.69, 9.17) is 9.47 Å². The Hall–Kier alpha value is -2.74. The Morgan fingerprint density at radius 3 is 2.52 bits per heavy atom. The molecule has 0 spiro atoms. The van der Waals surface area contributed by atoms with Crippen molar-refractivity contribution in [3.63, 3.8) is 0 Å². The van der Waals surface area contributed by atoms with Gasteiger partial charge in [-0.05, 0) is 36.8 Å². The van der Waals surface area contributed by atoms with Crippen LogP contribution < -0.4 is 15.0 Å². The van der Waals surface area contributed by atoms with E-state index in [0.29, 0.717) is 50.8 Å². The van der Waals surface area contributed by atoms with E-state index in [1.165, 1.54) is 6.07 Å². The number of benzene rings is 2. The summed E-state index contributed by atoms with van der Waals surface area (Å²) in [5.41, 5.74) is -0.0666. The molecule has 0 aliphatic carbocycles. The second kappa shape index (κ2) is 9.65. The number of carbonyl (C=O) groups excluding carboxylic acids is 1. The van der Waals surface area contributed by atoms with E-state index in [1.54, 1.807) is 0 Å². The molecule has 5 nitrogen and oxygen atoms in total. The molecule has 0 aromatic heterocycles. The van der Waals surface area contributed by atoms with Crippen molar-refractivity contribution in [2.75, 3.05) is 43.1 Å². The summed E-state index contributed by atoms with van der Waals surface area (Å²) < 4.78 is 50.2. The Balaban J connectivity index is 1.62. The van der Waals surface area contributed by atoms with Crippen LogP contribution >= 0.6 is 0 Å². The SMILES string of the molecule is O=C(CCCOc1ccccc1)Nc1cc(C(F)(F)F)ccc1N1CCOCC1. The van der Waals surface area contributed by atoms with Crippen molar-refractivity contribution >= 4 is 17.3 Å². The van der Waals surface area contributed by atoms with Gasteiger partial charge in [-0.3, -0.25) is 4.79 Å². The summed E-state index contributed by atoms with van der Waals surface area (Å²) in [7, 11) is 0. The first kappa shape index (κ1) is 21.0. The van der Waals surface area contributed by atoms with E-state index in [9.17, 15) is 18.0 Å². The predicted molar refractivity (Wildman–Crippen MR) is 104 cm³/mol. The Morgan fingerprint density at radius 2 is 1.83 bits per heavy atom. The van der Waals surface area contributed by atoms with E-state index in [-0.39, 0.29) is 18.0 Å². The zero-order valence-electron chi connectivity index (χ0n) is 15.9. The van der Waals surface area contributed by atoms with Crippen molar-refractivity contribution in [2.24, 2.45) is 0 Å². The van der Waals surface area contributed by atoms with E-state index in [2.05, 4.69) is 5.32 Å². The van der Waals surface area contributed by atoms with Crippen LogP contribution in [0.5, 0.6) is 5.75 Å². The van der Waals surface area contributed by atoms with Crippen LogP contribution in [0.25, 0.3) is 0 Å². The lowest BCUT2D eigenvalue weighted by atomic mass is 10.1. The number of ether oxygens (including phenoxy) is 2. The second-order valence-electron chi connectivity index (χ2n) is 6.64. The molecule has 0 unspecified atom stereocenters. The largest absolute Gasteiger partial charge is 0.494 e. The normalized spacial score (nSPS) is 14.5. The lowest BCUT2D eigenvalue weighted by Gasteiger charge is -2.31. The minimum Gasteiger partial charge on any atom is -0.494 e. The van der Waals surface area contributed by atoms with E-state index < -0.39 is 11.7 Å². The Bertz CT molecular complexity index is 807. The van der Waals surface area contributed by atoms with Crippen LogP contribution in [0.1, 0.15) is 18.4 Å².